The maximum absolute atomic E-state index is 9.69. The van der Waals surface area contributed by atoms with E-state index in [9.17, 15) is 5.11 Å². The quantitative estimate of drug-likeness (QED) is 0.679. The van der Waals surface area contributed by atoms with Gasteiger partial charge in [-0.2, -0.15) is 0 Å². The standard InChI is InChI=1S/C12H27N3O/c1-3-11(2)15-8-6-14(7-9-15)10-12(16)4-5-13/h11-12,16H,3-10,13H2,1-2H3. The fourth-order valence-corrected chi connectivity index (χ4v) is 2.23. The summed E-state index contributed by atoms with van der Waals surface area (Å²) in [5, 5.41) is 9.69. The van der Waals surface area contributed by atoms with Gasteiger partial charge >= 0.3 is 0 Å². The molecule has 0 saturated carbocycles. The monoisotopic (exact) mass is 229 g/mol. The van der Waals surface area contributed by atoms with Crippen LogP contribution in [0.25, 0.3) is 0 Å². The van der Waals surface area contributed by atoms with E-state index in [0.717, 1.165) is 32.7 Å². The molecule has 0 aromatic rings. The number of β-amino-alcohol motifs (C(OH)–C–C–N with tert-alkyl or cyclic N) is 1. The molecule has 2 atom stereocenters. The predicted octanol–water partition coefficient (Wildman–Crippen LogP) is 0.112. The summed E-state index contributed by atoms with van der Waals surface area (Å²) >= 11 is 0. The molecule has 1 heterocycles. The topological polar surface area (TPSA) is 52.7 Å². The van der Waals surface area contributed by atoms with Gasteiger partial charge in [-0.3, -0.25) is 9.80 Å². The van der Waals surface area contributed by atoms with E-state index in [1.807, 2.05) is 0 Å². The summed E-state index contributed by atoms with van der Waals surface area (Å²) in [5.41, 5.74) is 5.43. The van der Waals surface area contributed by atoms with Gasteiger partial charge in [0, 0.05) is 38.8 Å². The zero-order valence-electron chi connectivity index (χ0n) is 10.7. The summed E-state index contributed by atoms with van der Waals surface area (Å²) in [6.07, 6.45) is 1.68. The minimum Gasteiger partial charge on any atom is -0.392 e. The lowest BCUT2D eigenvalue weighted by molar-refractivity contribution is 0.0566. The predicted molar refractivity (Wildman–Crippen MR) is 67.4 cm³/mol. The molecule has 0 radical (unpaired) electrons. The highest BCUT2D eigenvalue weighted by atomic mass is 16.3. The fourth-order valence-electron chi connectivity index (χ4n) is 2.23. The Bertz CT molecular complexity index is 181. The SMILES string of the molecule is CCC(C)N1CCN(CC(O)CCN)CC1. The van der Waals surface area contributed by atoms with Gasteiger partial charge in [-0.15, -0.1) is 0 Å². The summed E-state index contributed by atoms with van der Waals surface area (Å²) in [5.74, 6) is 0. The first-order valence-corrected chi connectivity index (χ1v) is 6.51. The highest BCUT2D eigenvalue weighted by Gasteiger charge is 2.21. The molecule has 3 N–H and O–H groups in total. The summed E-state index contributed by atoms with van der Waals surface area (Å²) in [6, 6.07) is 0.691. The lowest BCUT2D eigenvalue weighted by Gasteiger charge is -2.38. The number of aliphatic hydroxyl groups excluding tert-OH is 1. The number of rotatable bonds is 6. The third-order valence-corrected chi connectivity index (χ3v) is 3.59. The Morgan fingerprint density at radius 2 is 1.88 bits per heavy atom. The van der Waals surface area contributed by atoms with Crippen molar-refractivity contribution in [3.63, 3.8) is 0 Å². The first kappa shape index (κ1) is 13.9. The minimum absolute atomic E-state index is 0.250. The van der Waals surface area contributed by atoms with Gasteiger partial charge in [-0.25, -0.2) is 0 Å². The molecule has 4 nitrogen and oxygen atoms in total. The summed E-state index contributed by atoms with van der Waals surface area (Å²) < 4.78 is 0. The van der Waals surface area contributed by atoms with Crippen LogP contribution in [0.4, 0.5) is 0 Å². The van der Waals surface area contributed by atoms with E-state index >= 15 is 0 Å². The molecule has 16 heavy (non-hydrogen) atoms. The highest BCUT2D eigenvalue weighted by molar-refractivity contribution is 4.77. The number of hydrogen-bond acceptors (Lipinski definition) is 4. The third-order valence-electron chi connectivity index (χ3n) is 3.59. The molecule has 0 amide bonds. The van der Waals surface area contributed by atoms with Crippen molar-refractivity contribution in [1.82, 2.24) is 9.80 Å². The molecule has 96 valence electrons. The van der Waals surface area contributed by atoms with Crippen LogP contribution in [0.15, 0.2) is 0 Å². The van der Waals surface area contributed by atoms with Crippen molar-refractivity contribution in [1.29, 1.82) is 0 Å². The van der Waals surface area contributed by atoms with E-state index in [1.165, 1.54) is 6.42 Å². The number of piperazine rings is 1. The van der Waals surface area contributed by atoms with Gasteiger partial charge < -0.3 is 10.8 Å². The zero-order chi connectivity index (χ0) is 12.0. The largest absolute Gasteiger partial charge is 0.392 e. The van der Waals surface area contributed by atoms with Crippen LogP contribution >= 0.6 is 0 Å². The second kappa shape index (κ2) is 7.22. The second-order valence-electron chi connectivity index (χ2n) is 4.83. The van der Waals surface area contributed by atoms with Crippen LogP contribution in [-0.4, -0.2) is 66.3 Å². The van der Waals surface area contributed by atoms with Crippen molar-refractivity contribution in [3.8, 4) is 0 Å². The van der Waals surface area contributed by atoms with Crippen molar-refractivity contribution >= 4 is 0 Å². The Balaban J connectivity index is 2.21. The van der Waals surface area contributed by atoms with Crippen LogP contribution in [-0.2, 0) is 0 Å². The highest BCUT2D eigenvalue weighted by Crippen LogP contribution is 2.09. The van der Waals surface area contributed by atoms with E-state index in [-0.39, 0.29) is 6.10 Å². The molecular formula is C12H27N3O. The summed E-state index contributed by atoms with van der Waals surface area (Å²) in [4.78, 5) is 4.88. The average Bonchev–Trinajstić information content (AvgIpc) is 2.29. The lowest BCUT2D eigenvalue weighted by atomic mass is 10.1. The Labute approximate surface area is 99.4 Å². The first-order valence-electron chi connectivity index (χ1n) is 6.51. The minimum atomic E-state index is -0.250. The Hall–Kier alpha value is -0.160. The Morgan fingerprint density at radius 3 is 2.38 bits per heavy atom. The van der Waals surface area contributed by atoms with Gasteiger partial charge in [0.1, 0.15) is 0 Å². The summed E-state index contributed by atoms with van der Waals surface area (Å²) in [7, 11) is 0. The van der Waals surface area contributed by atoms with Crippen LogP contribution in [0, 0.1) is 0 Å². The van der Waals surface area contributed by atoms with E-state index in [0.29, 0.717) is 19.0 Å². The molecule has 1 saturated heterocycles. The Kier molecular flexibility index (Phi) is 6.28. The second-order valence-corrected chi connectivity index (χ2v) is 4.83. The van der Waals surface area contributed by atoms with Crippen molar-refractivity contribution < 1.29 is 5.11 Å². The van der Waals surface area contributed by atoms with Gasteiger partial charge in [0.25, 0.3) is 0 Å². The van der Waals surface area contributed by atoms with Crippen LogP contribution in [0.3, 0.4) is 0 Å². The lowest BCUT2D eigenvalue weighted by Crippen LogP contribution is -2.51. The van der Waals surface area contributed by atoms with E-state index in [2.05, 4.69) is 23.6 Å². The first-order chi connectivity index (χ1) is 7.67. The van der Waals surface area contributed by atoms with E-state index in [4.69, 9.17) is 5.73 Å². The maximum Gasteiger partial charge on any atom is 0.0679 e. The van der Waals surface area contributed by atoms with Crippen molar-refractivity contribution in [2.24, 2.45) is 5.73 Å². The van der Waals surface area contributed by atoms with E-state index in [1.54, 1.807) is 0 Å². The van der Waals surface area contributed by atoms with Crippen LogP contribution < -0.4 is 5.73 Å². The van der Waals surface area contributed by atoms with Crippen LogP contribution in [0.5, 0.6) is 0 Å². The molecule has 0 aliphatic carbocycles. The third kappa shape index (κ3) is 4.37. The van der Waals surface area contributed by atoms with Gasteiger partial charge in [-0.1, -0.05) is 6.92 Å². The molecule has 0 bridgehead atoms. The van der Waals surface area contributed by atoms with Gasteiger partial charge in [0.05, 0.1) is 6.10 Å². The number of nitrogens with two attached hydrogens (primary N) is 1. The molecule has 1 rings (SSSR count). The van der Waals surface area contributed by atoms with Crippen LogP contribution in [0.2, 0.25) is 0 Å². The van der Waals surface area contributed by atoms with Crippen molar-refractivity contribution in [3.05, 3.63) is 0 Å². The van der Waals surface area contributed by atoms with Crippen molar-refractivity contribution in [2.45, 2.75) is 38.8 Å². The van der Waals surface area contributed by atoms with Crippen LogP contribution in [0.1, 0.15) is 26.7 Å². The molecular weight excluding hydrogens is 202 g/mol. The normalized spacial score (nSPS) is 23.2. The summed E-state index contributed by atoms with van der Waals surface area (Å²) in [6.45, 7) is 10.3. The zero-order valence-corrected chi connectivity index (χ0v) is 10.7. The number of nitrogens with zero attached hydrogens (tertiary/aromatic N) is 2. The smallest absolute Gasteiger partial charge is 0.0679 e. The van der Waals surface area contributed by atoms with Gasteiger partial charge in [0.15, 0.2) is 0 Å². The molecule has 0 spiro atoms. The number of hydrogen-bond donors (Lipinski definition) is 2. The average molecular weight is 229 g/mol. The molecule has 4 heteroatoms. The molecule has 1 aliphatic rings. The van der Waals surface area contributed by atoms with Gasteiger partial charge in [0.2, 0.25) is 0 Å². The van der Waals surface area contributed by atoms with E-state index < -0.39 is 0 Å². The molecule has 1 aliphatic heterocycles. The maximum atomic E-state index is 9.69. The van der Waals surface area contributed by atoms with Gasteiger partial charge in [-0.05, 0) is 26.3 Å². The Morgan fingerprint density at radius 1 is 1.25 bits per heavy atom. The fraction of sp³-hybridized carbons (Fsp3) is 1.00. The van der Waals surface area contributed by atoms with Crippen molar-refractivity contribution in [2.75, 3.05) is 39.3 Å². The molecule has 2 unspecified atom stereocenters. The molecule has 0 aromatic heterocycles. The molecule has 0 aromatic carbocycles. The number of aliphatic hydroxyl groups is 1. The molecule has 1 fully saturated rings.